The molecule has 3 nitrogen and oxygen atoms in total. The molecule has 1 fully saturated rings. The first-order valence-corrected chi connectivity index (χ1v) is 8.34. The molecular weight excluding hydrogens is 284 g/mol. The van der Waals surface area contributed by atoms with E-state index in [4.69, 9.17) is 11.6 Å². The van der Waals surface area contributed by atoms with E-state index in [9.17, 15) is 4.79 Å². The van der Waals surface area contributed by atoms with Gasteiger partial charge in [-0.2, -0.15) is 0 Å². The van der Waals surface area contributed by atoms with E-state index < -0.39 is 0 Å². The molecule has 1 aliphatic rings. The fourth-order valence-electron chi connectivity index (χ4n) is 3.04. The Bertz CT molecular complexity index is 450. The number of hydrogen-bond donors (Lipinski definition) is 1. The topological polar surface area (TPSA) is 32.3 Å². The van der Waals surface area contributed by atoms with Crippen molar-refractivity contribution in [3.8, 4) is 0 Å². The lowest BCUT2D eigenvalue weighted by Gasteiger charge is -2.35. The van der Waals surface area contributed by atoms with Crippen molar-refractivity contribution < 1.29 is 4.79 Å². The van der Waals surface area contributed by atoms with Crippen molar-refractivity contribution in [3.05, 3.63) is 29.3 Å². The van der Waals surface area contributed by atoms with Crippen LogP contribution in [0.25, 0.3) is 0 Å². The van der Waals surface area contributed by atoms with Gasteiger partial charge in [-0.1, -0.05) is 25.4 Å². The van der Waals surface area contributed by atoms with Crippen molar-refractivity contribution in [1.82, 2.24) is 5.32 Å². The van der Waals surface area contributed by atoms with E-state index >= 15 is 0 Å². The van der Waals surface area contributed by atoms with Gasteiger partial charge in [0.15, 0.2) is 0 Å². The third-order valence-corrected chi connectivity index (χ3v) is 4.59. The zero-order chi connectivity index (χ0) is 15.2. The Balaban J connectivity index is 2.26. The molecule has 1 N–H and O–H groups in total. The predicted molar refractivity (Wildman–Crippen MR) is 88.9 cm³/mol. The summed E-state index contributed by atoms with van der Waals surface area (Å²) in [6, 6.07) is 7.90. The van der Waals surface area contributed by atoms with Gasteiger partial charge in [-0.05, 0) is 63.0 Å². The van der Waals surface area contributed by atoms with Gasteiger partial charge in [0, 0.05) is 22.7 Å². The fourth-order valence-corrected chi connectivity index (χ4v) is 3.17. The van der Waals surface area contributed by atoms with Crippen molar-refractivity contribution in [3.63, 3.8) is 0 Å². The molecule has 2 rings (SSSR count). The van der Waals surface area contributed by atoms with Gasteiger partial charge in [-0.25, -0.2) is 0 Å². The van der Waals surface area contributed by atoms with Gasteiger partial charge < -0.3 is 10.2 Å². The average Bonchev–Trinajstić information content (AvgIpc) is 2.54. The van der Waals surface area contributed by atoms with Gasteiger partial charge in [0.25, 0.3) is 0 Å². The number of nitrogens with one attached hydrogen (secondary N) is 1. The summed E-state index contributed by atoms with van der Waals surface area (Å²) in [7, 11) is 0. The van der Waals surface area contributed by atoms with E-state index in [1.165, 1.54) is 0 Å². The smallest absolute Gasteiger partial charge is 0.230 e. The highest BCUT2D eigenvalue weighted by molar-refractivity contribution is 6.30. The SMILES string of the molecule is CCC(CC)N(C(=O)C1CCNCC1)c1ccc(Cl)cc1. The Kier molecular flexibility index (Phi) is 6.07. The lowest BCUT2D eigenvalue weighted by Crippen LogP contribution is -2.46. The van der Waals surface area contributed by atoms with Crippen LogP contribution in [0.1, 0.15) is 39.5 Å². The van der Waals surface area contributed by atoms with Crippen LogP contribution < -0.4 is 10.2 Å². The summed E-state index contributed by atoms with van der Waals surface area (Å²) in [6.07, 6.45) is 3.80. The van der Waals surface area contributed by atoms with Gasteiger partial charge in [-0.15, -0.1) is 0 Å². The summed E-state index contributed by atoms with van der Waals surface area (Å²) in [5.74, 6) is 0.412. The Hall–Kier alpha value is -1.06. The third kappa shape index (κ3) is 3.98. The van der Waals surface area contributed by atoms with Crippen LogP contribution in [0.4, 0.5) is 5.69 Å². The summed E-state index contributed by atoms with van der Waals surface area (Å²) in [4.78, 5) is 15.0. The maximum Gasteiger partial charge on any atom is 0.230 e. The maximum atomic E-state index is 13.0. The van der Waals surface area contributed by atoms with Crippen LogP contribution in [0.2, 0.25) is 5.02 Å². The molecule has 0 bridgehead atoms. The van der Waals surface area contributed by atoms with Crippen molar-refractivity contribution in [1.29, 1.82) is 0 Å². The molecule has 0 aromatic heterocycles. The van der Waals surface area contributed by atoms with Gasteiger partial charge in [0.2, 0.25) is 5.91 Å². The fraction of sp³-hybridized carbons (Fsp3) is 0.588. The van der Waals surface area contributed by atoms with Crippen LogP contribution >= 0.6 is 11.6 Å². The molecule has 4 heteroatoms. The molecule has 0 radical (unpaired) electrons. The molecule has 1 aliphatic heterocycles. The minimum atomic E-state index is 0.141. The van der Waals surface area contributed by atoms with Gasteiger partial charge in [0.1, 0.15) is 0 Å². The second-order valence-electron chi connectivity index (χ2n) is 5.68. The molecule has 1 aromatic rings. The molecule has 0 unspecified atom stereocenters. The van der Waals surface area contributed by atoms with Crippen molar-refractivity contribution in [2.75, 3.05) is 18.0 Å². The van der Waals surface area contributed by atoms with E-state index in [-0.39, 0.29) is 17.9 Å². The molecule has 0 atom stereocenters. The quantitative estimate of drug-likeness (QED) is 0.896. The van der Waals surface area contributed by atoms with Gasteiger partial charge >= 0.3 is 0 Å². The van der Waals surface area contributed by atoms with Crippen LogP contribution in [0.15, 0.2) is 24.3 Å². The number of carbonyl (C=O) groups excluding carboxylic acids is 1. The summed E-state index contributed by atoms with van der Waals surface area (Å²) in [5.41, 5.74) is 0.969. The minimum Gasteiger partial charge on any atom is -0.317 e. The van der Waals surface area contributed by atoms with Crippen LogP contribution in [0.5, 0.6) is 0 Å². The van der Waals surface area contributed by atoms with E-state index in [2.05, 4.69) is 19.2 Å². The highest BCUT2D eigenvalue weighted by Crippen LogP contribution is 2.27. The largest absolute Gasteiger partial charge is 0.317 e. The molecule has 116 valence electrons. The summed E-state index contributed by atoms with van der Waals surface area (Å²) in [6.45, 7) is 6.17. The standard InChI is InChI=1S/C17H25ClN2O/c1-3-15(4-2)20(16-7-5-14(18)6-8-16)17(21)13-9-11-19-12-10-13/h5-8,13,15,19H,3-4,9-12H2,1-2H3. The molecule has 0 spiro atoms. The first kappa shape index (κ1) is 16.3. The lowest BCUT2D eigenvalue weighted by molar-refractivity contribution is -0.123. The number of anilines is 1. The summed E-state index contributed by atoms with van der Waals surface area (Å²) in [5, 5.41) is 4.03. The maximum absolute atomic E-state index is 13.0. The molecule has 1 amide bonds. The second kappa shape index (κ2) is 7.81. The second-order valence-corrected chi connectivity index (χ2v) is 6.12. The monoisotopic (exact) mass is 308 g/mol. The molecule has 1 saturated heterocycles. The van der Waals surface area contributed by atoms with Gasteiger partial charge in [0.05, 0.1) is 0 Å². The van der Waals surface area contributed by atoms with Crippen LogP contribution in [0.3, 0.4) is 0 Å². The first-order valence-electron chi connectivity index (χ1n) is 7.96. The normalized spacial score (nSPS) is 16.2. The molecular formula is C17H25ClN2O. The Morgan fingerprint density at radius 3 is 2.33 bits per heavy atom. The van der Waals surface area contributed by atoms with E-state index in [1.54, 1.807) is 0 Å². The molecule has 1 aromatic carbocycles. The average molecular weight is 309 g/mol. The lowest BCUT2D eigenvalue weighted by atomic mass is 9.94. The van der Waals surface area contributed by atoms with Crippen molar-refractivity contribution in [2.45, 2.75) is 45.6 Å². The third-order valence-electron chi connectivity index (χ3n) is 4.34. The van der Waals surface area contributed by atoms with Crippen molar-refractivity contribution >= 4 is 23.2 Å². The Morgan fingerprint density at radius 2 is 1.81 bits per heavy atom. The van der Waals surface area contributed by atoms with E-state index in [1.807, 2.05) is 29.2 Å². The number of halogens is 1. The van der Waals surface area contributed by atoms with E-state index in [0.29, 0.717) is 5.02 Å². The highest BCUT2D eigenvalue weighted by atomic mass is 35.5. The van der Waals surface area contributed by atoms with Crippen molar-refractivity contribution in [2.24, 2.45) is 5.92 Å². The van der Waals surface area contributed by atoms with Crippen LogP contribution in [-0.2, 0) is 4.79 Å². The number of carbonyl (C=O) groups is 1. The number of piperidine rings is 1. The number of hydrogen-bond acceptors (Lipinski definition) is 2. The van der Waals surface area contributed by atoms with Crippen LogP contribution in [-0.4, -0.2) is 25.0 Å². The summed E-state index contributed by atoms with van der Waals surface area (Å²) >= 11 is 5.98. The van der Waals surface area contributed by atoms with E-state index in [0.717, 1.165) is 44.5 Å². The Labute approximate surface area is 132 Å². The minimum absolute atomic E-state index is 0.141. The highest BCUT2D eigenvalue weighted by Gasteiger charge is 2.30. The Morgan fingerprint density at radius 1 is 1.24 bits per heavy atom. The molecule has 21 heavy (non-hydrogen) atoms. The first-order chi connectivity index (χ1) is 10.2. The van der Waals surface area contributed by atoms with Gasteiger partial charge in [-0.3, -0.25) is 4.79 Å². The predicted octanol–water partition coefficient (Wildman–Crippen LogP) is 3.86. The van der Waals surface area contributed by atoms with Crippen LogP contribution in [0, 0.1) is 5.92 Å². The number of nitrogens with zero attached hydrogens (tertiary/aromatic N) is 1. The number of amides is 1. The number of rotatable bonds is 5. The molecule has 0 saturated carbocycles. The number of benzene rings is 1. The zero-order valence-corrected chi connectivity index (χ0v) is 13.7. The summed E-state index contributed by atoms with van der Waals surface area (Å²) < 4.78 is 0. The molecule has 1 heterocycles. The zero-order valence-electron chi connectivity index (χ0n) is 12.9. The molecule has 0 aliphatic carbocycles.